The molecule has 0 aromatic heterocycles. The lowest BCUT2D eigenvalue weighted by molar-refractivity contribution is -0.123. The minimum Gasteiger partial charge on any atom is -0.504 e. The molecule has 0 radical (unpaired) electrons. The molecule has 2 amide bonds. The number of carbonyl (C=O) groups excluding carboxylic acids is 4. The first-order valence-electron chi connectivity index (χ1n) is 15.8. The molecule has 0 saturated carbocycles. The SMILES string of the molecule is COc1ccc([C@H]2C3=CC[C@@H]4C(=O)N(c5ccc(N=Nc6ccc(N(C)C)cc6)cc5)C(=O)[C@@H]4[C@@H]3CC3=C2C(=O)C(C)=CC3=O)cc1O. The molecule has 48 heavy (non-hydrogen) atoms. The maximum atomic E-state index is 14.2. The number of phenols is 1. The molecule has 7 rings (SSSR count). The van der Waals surface area contributed by atoms with E-state index in [2.05, 4.69) is 10.2 Å². The Kier molecular flexibility index (Phi) is 7.66. The molecule has 0 spiro atoms. The number of fused-ring (bicyclic) bond motifs is 3. The molecule has 1 heterocycles. The summed E-state index contributed by atoms with van der Waals surface area (Å²) in [6, 6.07) is 19.4. The van der Waals surface area contributed by atoms with Gasteiger partial charge in [-0.25, -0.2) is 0 Å². The number of allylic oxidation sites excluding steroid dienone is 6. The van der Waals surface area contributed by atoms with E-state index in [-0.39, 0.29) is 41.3 Å². The second-order valence-corrected chi connectivity index (χ2v) is 12.8. The van der Waals surface area contributed by atoms with Gasteiger partial charge in [0, 0.05) is 42.4 Å². The number of hydrogen-bond acceptors (Lipinski definition) is 9. The topological polar surface area (TPSA) is 129 Å². The van der Waals surface area contributed by atoms with Crippen LogP contribution >= 0.6 is 0 Å². The van der Waals surface area contributed by atoms with Crippen LogP contribution in [0.1, 0.15) is 31.2 Å². The molecule has 4 aliphatic rings. The van der Waals surface area contributed by atoms with E-state index in [0.717, 1.165) is 11.3 Å². The second kappa shape index (κ2) is 11.9. The highest BCUT2D eigenvalue weighted by Crippen LogP contribution is 2.56. The standard InChI is InChI=1S/C38H34N4O6/c1-20-17-30(43)29-19-28-26(33(35(29)36(20)45)21-5-16-32(48-4)31(44)18-21)14-15-27-34(28)38(47)42(37(27)46)25-12-8-23(9-13-25)40-39-22-6-10-24(11-7-22)41(2)3/h5-14,16-18,27-28,33-34,44H,15,19H2,1-4H3/t27-,28+,33-,34-/m0/s1. The number of imide groups is 1. The third-order valence-electron chi connectivity index (χ3n) is 9.86. The van der Waals surface area contributed by atoms with Crippen molar-refractivity contribution in [1.29, 1.82) is 0 Å². The van der Waals surface area contributed by atoms with Crippen LogP contribution < -0.4 is 14.5 Å². The Hall–Kier alpha value is -5.64. The summed E-state index contributed by atoms with van der Waals surface area (Å²) in [5, 5.41) is 19.3. The lowest BCUT2D eigenvalue weighted by atomic mass is 9.59. The quantitative estimate of drug-likeness (QED) is 0.140. The van der Waals surface area contributed by atoms with Gasteiger partial charge in [-0.3, -0.25) is 24.1 Å². The summed E-state index contributed by atoms with van der Waals surface area (Å²) in [6.07, 6.45) is 3.80. The van der Waals surface area contributed by atoms with Crippen LogP contribution in [0.2, 0.25) is 0 Å². The van der Waals surface area contributed by atoms with Crippen molar-refractivity contribution in [2.45, 2.75) is 25.7 Å². The van der Waals surface area contributed by atoms with Gasteiger partial charge in [0.25, 0.3) is 0 Å². The lowest BCUT2D eigenvalue weighted by Gasteiger charge is -2.42. The minimum absolute atomic E-state index is 0.0982. The van der Waals surface area contributed by atoms with Crippen LogP contribution in [0.5, 0.6) is 11.5 Å². The van der Waals surface area contributed by atoms with Gasteiger partial charge in [-0.05, 0) is 98.0 Å². The first-order valence-corrected chi connectivity index (χ1v) is 15.8. The van der Waals surface area contributed by atoms with Crippen molar-refractivity contribution in [3.05, 3.63) is 107 Å². The van der Waals surface area contributed by atoms with Gasteiger partial charge < -0.3 is 14.7 Å². The summed E-state index contributed by atoms with van der Waals surface area (Å²) in [4.78, 5) is 58.3. The van der Waals surface area contributed by atoms with E-state index in [1.807, 2.05) is 49.3 Å². The highest BCUT2D eigenvalue weighted by Gasteiger charge is 2.56. The normalized spacial score (nSPS) is 23.5. The maximum Gasteiger partial charge on any atom is 0.238 e. The Morgan fingerprint density at radius 2 is 1.54 bits per heavy atom. The highest BCUT2D eigenvalue weighted by atomic mass is 16.5. The zero-order valence-electron chi connectivity index (χ0n) is 27.0. The largest absolute Gasteiger partial charge is 0.504 e. The number of aromatic hydroxyl groups is 1. The molecule has 1 aliphatic heterocycles. The predicted octanol–water partition coefficient (Wildman–Crippen LogP) is 6.52. The van der Waals surface area contributed by atoms with Gasteiger partial charge >= 0.3 is 0 Å². The maximum absolute atomic E-state index is 14.2. The van der Waals surface area contributed by atoms with Crippen LogP contribution in [-0.2, 0) is 19.2 Å². The van der Waals surface area contributed by atoms with Gasteiger partial charge in [0.1, 0.15) is 0 Å². The summed E-state index contributed by atoms with van der Waals surface area (Å²) in [5.41, 5.74) is 5.24. The van der Waals surface area contributed by atoms with Crippen LogP contribution in [0, 0.1) is 17.8 Å². The zero-order chi connectivity index (χ0) is 33.9. The number of azo groups is 1. The fourth-order valence-corrected chi connectivity index (χ4v) is 7.48. The predicted molar refractivity (Wildman–Crippen MR) is 180 cm³/mol. The molecule has 3 aliphatic carbocycles. The highest BCUT2D eigenvalue weighted by molar-refractivity contribution is 6.25. The van der Waals surface area contributed by atoms with Gasteiger partial charge in [-0.15, -0.1) is 0 Å². The van der Waals surface area contributed by atoms with Gasteiger partial charge in [-0.2, -0.15) is 10.2 Å². The molecule has 3 aromatic rings. The fraction of sp³-hybridized carbons (Fsp3) is 0.263. The van der Waals surface area contributed by atoms with Crippen molar-refractivity contribution in [3.8, 4) is 11.5 Å². The van der Waals surface area contributed by atoms with Crippen molar-refractivity contribution in [3.63, 3.8) is 0 Å². The fourth-order valence-electron chi connectivity index (χ4n) is 7.48. The summed E-state index contributed by atoms with van der Waals surface area (Å²) in [6.45, 7) is 1.62. The monoisotopic (exact) mass is 642 g/mol. The van der Waals surface area contributed by atoms with Gasteiger partial charge in [0.2, 0.25) is 11.8 Å². The summed E-state index contributed by atoms with van der Waals surface area (Å²) >= 11 is 0. The number of phenolic OH excluding ortho intramolecular Hbond substituents is 1. The Balaban J connectivity index is 1.19. The lowest BCUT2D eigenvalue weighted by Crippen LogP contribution is -2.39. The van der Waals surface area contributed by atoms with Gasteiger partial charge in [0.05, 0.1) is 36.0 Å². The third kappa shape index (κ3) is 5.04. The van der Waals surface area contributed by atoms with E-state index >= 15 is 0 Å². The molecule has 1 saturated heterocycles. The third-order valence-corrected chi connectivity index (χ3v) is 9.86. The van der Waals surface area contributed by atoms with Crippen molar-refractivity contribution >= 4 is 46.1 Å². The number of benzene rings is 3. The van der Waals surface area contributed by atoms with Crippen molar-refractivity contribution in [2.24, 2.45) is 28.0 Å². The van der Waals surface area contributed by atoms with Crippen molar-refractivity contribution in [2.75, 3.05) is 31.0 Å². The number of ketones is 2. The Morgan fingerprint density at radius 3 is 2.17 bits per heavy atom. The van der Waals surface area contributed by atoms with Crippen LogP contribution in [0.15, 0.2) is 111 Å². The number of ether oxygens (including phenoxy) is 1. The van der Waals surface area contributed by atoms with Crippen LogP contribution in [-0.4, -0.2) is 49.7 Å². The average Bonchev–Trinajstić information content (AvgIpc) is 3.34. The smallest absolute Gasteiger partial charge is 0.238 e. The number of amides is 2. The van der Waals surface area contributed by atoms with E-state index in [9.17, 15) is 24.3 Å². The average molecular weight is 643 g/mol. The van der Waals surface area contributed by atoms with Gasteiger partial charge in [0.15, 0.2) is 23.1 Å². The number of Topliss-reactive ketones (excluding diaryl/α,β-unsaturated/α-hetero) is 1. The van der Waals surface area contributed by atoms with Crippen molar-refractivity contribution in [1.82, 2.24) is 0 Å². The number of hydrogen-bond donors (Lipinski definition) is 1. The zero-order valence-corrected chi connectivity index (χ0v) is 27.0. The molecule has 1 fully saturated rings. The Bertz CT molecular complexity index is 2010. The summed E-state index contributed by atoms with van der Waals surface area (Å²) in [7, 11) is 5.38. The van der Waals surface area contributed by atoms with Crippen LogP contribution in [0.25, 0.3) is 0 Å². The number of methoxy groups -OCH3 is 1. The van der Waals surface area contributed by atoms with Crippen LogP contribution in [0.3, 0.4) is 0 Å². The van der Waals surface area contributed by atoms with Gasteiger partial charge in [-0.1, -0.05) is 17.7 Å². The first-order chi connectivity index (χ1) is 23.1. The van der Waals surface area contributed by atoms with E-state index in [1.165, 1.54) is 18.1 Å². The van der Waals surface area contributed by atoms with E-state index in [0.29, 0.717) is 45.8 Å². The Labute approximate surface area is 277 Å². The van der Waals surface area contributed by atoms with Crippen LogP contribution in [0.4, 0.5) is 22.7 Å². The van der Waals surface area contributed by atoms with E-state index in [1.54, 1.807) is 49.4 Å². The first kappa shape index (κ1) is 31.0. The molecule has 242 valence electrons. The molecule has 0 bridgehead atoms. The summed E-state index contributed by atoms with van der Waals surface area (Å²) in [5.74, 6) is -3.39. The molecular weight excluding hydrogens is 608 g/mol. The Morgan fingerprint density at radius 1 is 0.875 bits per heavy atom. The second-order valence-electron chi connectivity index (χ2n) is 12.8. The molecule has 10 heteroatoms. The number of anilines is 2. The van der Waals surface area contributed by atoms with E-state index in [4.69, 9.17) is 4.74 Å². The molecule has 10 nitrogen and oxygen atoms in total. The number of rotatable bonds is 6. The van der Waals surface area contributed by atoms with Crippen molar-refractivity contribution < 1.29 is 29.0 Å². The molecule has 1 N–H and O–H groups in total. The number of nitrogens with zero attached hydrogens (tertiary/aromatic N) is 4. The molecule has 0 unspecified atom stereocenters. The molecule has 4 atom stereocenters. The number of carbonyl (C=O) groups is 4. The minimum atomic E-state index is -0.708. The summed E-state index contributed by atoms with van der Waals surface area (Å²) < 4.78 is 5.24. The molecular formula is C38H34N4O6. The molecule has 3 aromatic carbocycles. The van der Waals surface area contributed by atoms with E-state index < -0.39 is 23.7 Å².